The van der Waals surface area contributed by atoms with Gasteiger partial charge in [-0.05, 0) is 37.6 Å². The summed E-state index contributed by atoms with van der Waals surface area (Å²) in [5.41, 5.74) is 4.02. The van der Waals surface area contributed by atoms with E-state index in [1.165, 1.54) is 5.56 Å². The van der Waals surface area contributed by atoms with Crippen molar-refractivity contribution in [2.45, 2.75) is 33.0 Å². The molecule has 1 atom stereocenters. The van der Waals surface area contributed by atoms with Crippen LogP contribution in [0.2, 0.25) is 0 Å². The van der Waals surface area contributed by atoms with Crippen molar-refractivity contribution in [2.24, 2.45) is 0 Å². The number of fused-ring (bicyclic) bond motifs is 3. The van der Waals surface area contributed by atoms with E-state index in [1.807, 2.05) is 24.3 Å². The van der Waals surface area contributed by atoms with Gasteiger partial charge >= 0.3 is 6.09 Å². The predicted octanol–water partition coefficient (Wildman–Crippen LogP) is 4.18. The maximum atomic E-state index is 11.6. The number of carbonyl (C=O) groups excluding carboxylic acids is 1. The molecule has 0 fully saturated rings. The molecule has 0 saturated heterocycles. The van der Waals surface area contributed by atoms with Crippen LogP contribution in [-0.4, -0.2) is 33.7 Å². The zero-order valence-corrected chi connectivity index (χ0v) is 15.7. The summed E-state index contributed by atoms with van der Waals surface area (Å²) in [5.74, 6) is 1.06. The van der Waals surface area contributed by atoms with E-state index in [4.69, 9.17) is 9.72 Å². The van der Waals surface area contributed by atoms with Gasteiger partial charge in [0.1, 0.15) is 5.82 Å². The van der Waals surface area contributed by atoms with Gasteiger partial charge in [-0.1, -0.05) is 30.3 Å². The van der Waals surface area contributed by atoms with Crippen LogP contribution >= 0.6 is 0 Å². The van der Waals surface area contributed by atoms with Crippen LogP contribution in [0.4, 0.5) is 10.5 Å². The molecule has 27 heavy (non-hydrogen) atoms. The summed E-state index contributed by atoms with van der Waals surface area (Å²) in [6.07, 6.45) is -0.441. The molecule has 6 heteroatoms. The molecule has 0 aliphatic carbocycles. The predicted molar refractivity (Wildman–Crippen MR) is 106 cm³/mol. The first-order valence-corrected chi connectivity index (χ1v) is 9.37. The third kappa shape index (κ3) is 3.53. The van der Waals surface area contributed by atoms with Crippen molar-refractivity contribution >= 4 is 22.8 Å². The fourth-order valence-electron chi connectivity index (χ4n) is 3.67. The second-order valence-electron chi connectivity index (χ2n) is 6.79. The number of rotatable bonds is 4. The smallest absolute Gasteiger partial charge is 0.411 e. The average molecular weight is 364 g/mol. The lowest BCUT2D eigenvalue weighted by Gasteiger charge is -2.33. The number of carbonyl (C=O) groups is 1. The molecule has 0 bridgehead atoms. The summed E-state index contributed by atoms with van der Waals surface area (Å²) in [6.45, 7) is 7.09. The summed E-state index contributed by atoms with van der Waals surface area (Å²) in [5, 5.41) is 2.74. The van der Waals surface area contributed by atoms with Gasteiger partial charge in [0.15, 0.2) is 0 Å². The van der Waals surface area contributed by atoms with Crippen LogP contribution in [-0.2, 0) is 17.8 Å². The number of imidazole rings is 1. The molecule has 4 rings (SSSR count). The first-order chi connectivity index (χ1) is 13.2. The largest absolute Gasteiger partial charge is 0.450 e. The Morgan fingerprint density at radius 2 is 2.04 bits per heavy atom. The second-order valence-corrected chi connectivity index (χ2v) is 6.79. The minimum absolute atomic E-state index is 0.348. The zero-order chi connectivity index (χ0) is 18.8. The number of nitrogens with one attached hydrogen (secondary N) is 1. The van der Waals surface area contributed by atoms with E-state index in [1.54, 1.807) is 6.92 Å². The Hall–Kier alpha value is -2.86. The molecule has 0 saturated carbocycles. The van der Waals surface area contributed by atoms with Crippen LogP contribution in [0.1, 0.15) is 31.3 Å². The van der Waals surface area contributed by atoms with Crippen molar-refractivity contribution in [2.75, 3.05) is 18.5 Å². The fourth-order valence-corrected chi connectivity index (χ4v) is 3.67. The lowest BCUT2D eigenvalue weighted by Crippen LogP contribution is -2.35. The molecule has 2 aromatic carbocycles. The minimum Gasteiger partial charge on any atom is -0.450 e. The molecular formula is C21H24N4O2. The Kier molecular flexibility index (Phi) is 4.81. The average Bonchev–Trinajstić information content (AvgIpc) is 3.05. The molecule has 2 heterocycles. The fraction of sp³-hybridized carbons (Fsp3) is 0.333. The normalized spacial score (nSPS) is 15.3. The van der Waals surface area contributed by atoms with Gasteiger partial charge in [0.05, 0.1) is 24.2 Å². The van der Waals surface area contributed by atoms with Gasteiger partial charge in [0.2, 0.25) is 0 Å². The molecule has 140 valence electrons. The maximum Gasteiger partial charge on any atom is 0.411 e. The summed E-state index contributed by atoms with van der Waals surface area (Å²) in [7, 11) is 0. The van der Waals surface area contributed by atoms with E-state index in [0.29, 0.717) is 18.3 Å². The van der Waals surface area contributed by atoms with Crippen LogP contribution in [0.3, 0.4) is 0 Å². The highest BCUT2D eigenvalue weighted by molar-refractivity contribution is 5.89. The topological polar surface area (TPSA) is 59.4 Å². The Morgan fingerprint density at radius 1 is 1.22 bits per heavy atom. The number of ether oxygens (including phenoxy) is 1. The van der Waals surface area contributed by atoms with Gasteiger partial charge in [-0.15, -0.1) is 0 Å². The monoisotopic (exact) mass is 364 g/mol. The van der Waals surface area contributed by atoms with Crippen molar-refractivity contribution in [3.05, 3.63) is 59.9 Å². The number of hydrogen-bond acceptors (Lipinski definition) is 4. The molecule has 0 unspecified atom stereocenters. The third-order valence-electron chi connectivity index (χ3n) is 5.13. The quantitative estimate of drug-likeness (QED) is 0.754. The Bertz CT molecular complexity index is 951. The first-order valence-electron chi connectivity index (χ1n) is 9.37. The summed E-state index contributed by atoms with van der Waals surface area (Å²) >= 11 is 0. The highest BCUT2D eigenvalue weighted by Crippen LogP contribution is 2.28. The molecule has 6 nitrogen and oxygen atoms in total. The summed E-state index contributed by atoms with van der Waals surface area (Å²) in [6, 6.07) is 16.7. The van der Waals surface area contributed by atoms with Gasteiger partial charge in [-0.2, -0.15) is 0 Å². The first kappa shape index (κ1) is 17.5. The van der Waals surface area contributed by atoms with E-state index in [-0.39, 0.29) is 0 Å². The van der Waals surface area contributed by atoms with E-state index in [0.717, 1.165) is 36.5 Å². The van der Waals surface area contributed by atoms with Crippen LogP contribution in [0.5, 0.6) is 0 Å². The van der Waals surface area contributed by atoms with Crippen LogP contribution < -0.4 is 5.32 Å². The zero-order valence-electron chi connectivity index (χ0n) is 15.7. The molecule has 0 spiro atoms. The number of anilines is 1. The number of amides is 1. The van der Waals surface area contributed by atoms with Crippen LogP contribution in [0, 0.1) is 0 Å². The standard InChI is InChI=1S/C21H24N4O2/c1-3-27-21(26)22-17-9-10-19-18(13-17)23-20-14-24(11-12-25(19)20)15(2)16-7-5-4-6-8-16/h4-10,13,15H,3,11-12,14H2,1-2H3,(H,22,26)/t15-/m1/s1. The van der Waals surface area contributed by atoms with Gasteiger partial charge in [-0.25, -0.2) is 9.78 Å². The highest BCUT2D eigenvalue weighted by atomic mass is 16.5. The second kappa shape index (κ2) is 7.40. The minimum atomic E-state index is -0.441. The van der Waals surface area contributed by atoms with Gasteiger partial charge < -0.3 is 9.30 Å². The Labute approximate surface area is 158 Å². The highest BCUT2D eigenvalue weighted by Gasteiger charge is 2.24. The maximum absolute atomic E-state index is 11.6. The van der Waals surface area contributed by atoms with Crippen LogP contribution in [0.15, 0.2) is 48.5 Å². The molecule has 3 aromatic rings. The van der Waals surface area contributed by atoms with Crippen molar-refractivity contribution in [3.63, 3.8) is 0 Å². The van der Waals surface area contributed by atoms with Gasteiger partial charge in [0, 0.05) is 24.8 Å². The molecule has 1 aliphatic rings. The van der Waals surface area contributed by atoms with E-state index in [2.05, 4.69) is 46.0 Å². The number of aromatic nitrogens is 2. The van der Waals surface area contributed by atoms with E-state index in [9.17, 15) is 4.79 Å². The Morgan fingerprint density at radius 3 is 2.81 bits per heavy atom. The van der Waals surface area contributed by atoms with E-state index < -0.39 is 6.09 Å². The molecule has 0 radical (unpaired) electrons. The molecule has 1 N–H and O–H groups in total. The summed E-state index contributed by atoms with van der Waals surface area (Å²) in [4.78, 5) is 18.9. The van der Waals surface area contributed by atoms with Crippen molar-refractivity contribution in [1.29, 1.82) is 0 Å². The van der Waals surface area contributed by atoms with Crippen molar-refractivity contribution in [3.8, 4) is 0 Å². The number of hydrogen-bond donors (Lipinski definition) is 1. The summed E-state index contributed by atoms with van der Waals surface area (Å²) < 4.78 is 7.21. The molecular weight excluding hydrogens is 340 g/mol. The number of nitrogens with zero attached hydrogens (tertiary/aromatic N) is 3. The third-order valence-corrected chi connectivity index (χ3v) is 5.13. The van der Waals surface area contributed by atoms with Crippen molar-refractivity contribution in [1.82, 2.24) is 14.5 Å². The SMILES string of the molecule is CCOC(=O)Nc1ccc2c(c1)nc1n2CCN([C@H](C)c2ccccc2)C1. The Balaban J connectivity index is 1.56. The molecule has 1 aliphatic heterocycles. The van der Waals surface area contributed by atoms with E-state index >= 15 is 0 Å². The molecule has 1 amide bonds. The lowest BCUT2D eigenvalue weighted by molar-refractivity contribution is 0.165. The van der Waals surface area contributed by atoms with Crippen molar-refractivity contribution < 1.29 is 9.53 Å². The molecule has 1 aromatic heterocycles. The van der Waals surface area contributed by atoms with Gasteiger partial charge in [0.25, 0.3) is 0 Å². The number of benzene rings is 2. The van der Waals surface area contributed by atoms with Crippen LogP contribution in [0.25, 0.3) is 11.0 Å². The lowest BCUT2D eigenvalue weighted by atomic mass is 10.1. The van der Waals surface area contributed by atoms with Gasteiger partial charge in [-0.3, -0.25) is 10.2 Å².